The van der Waals surface area contributed by atoms with Crippen molar-refractivity contribution in [2.75, 3.05) is 12.8 Å². The summed E-state index contributed by atoms with van der Waals surface area (Å²) in [5.74, 6) is 0.821. The van der Waals surface area contributed by atoms with Gasteiger partial charge in [-0.15, -0.1) is 0 Å². The van der Waals surface area contributed by atoms with E-state index in [1.54, 1.807) is 19.2 Å². The van der Waals surface area contributed by atoms with E-state index in [9.17, 15) is 4.79 Å². The Labute approximate surface area is 95.6 Å². The molecule has 0 amide bonds. The number of anilines is 1. The Bertz CT molecular complexity index is 449. The normalized spacial score (nSPS) is 18.1. The minimum absolute atomic E-state index is 0.166. The first-order chi connectivity index (χ1) is 7.45. The Kier molecular flexibility index (Phi) is 2.41. The molecule has 0 saturated heterocycles. The lowest BCUT2D eigenvalue weighted by molar-refractivity contribution is 0.0811. The highest BCUT2D eigenvalue weighted by Crippen LogP contribution is 2.38. The summed E-state index contributed by atoms with van der Waals surface area (Å²) in [7, 11) is 1.58. The summed E-state index contributed by atoms with van der Waals surface area (Å²) >= 11 is 0. The van der Waals surface area contributed by atoms with Crippen molar-refractivity contribution >= 4 is 11.5 Å². The van der Waals surface area contributed by atoms with E-state index in [1.165, 1.54) is 0 Å². The number of nitrogens with two attached hydrogens (primary N) is 1. The van der Waals surface area contributed by atoms with Crippen LogP contribution in [0.25, 0.3) is 0 Å². The standard InChI is InChI=1S/C13H17NO2/c1-13(2)5-4-9-10(12(13)15)6-8(16-3)7-11(9)14/h6-7H,4-5,14H2,1-3H3. The van der Waals surface area contributed by atoms with E-state index in [2.05, 4.69) is 0 Å². The first-order valence-electron chi connectivity index (χ1n) is 5.47. The van der Waals surface area contributed by atoms with Crippen molar-refractivity contribution < 1.29 is 9.53 Å². The number of ketones is 1. The molecule has 0 unspecified atom stereocenters. The number of methoxy groups -OCH3 is 1. The van der Waals surface area contributed by atoms with E-state index in [1.807, 2.05) is 13.8 Å². The fourth-order valence-corrected chi connectivity index (χ4v) is 2.18. The fourth-order valence-electron chi connectivity index (χ4n) is 2.18. The van der Waals surface area contributed by atoms with Crippen molar-refractivity contribution in [3.05, 3.63) is 23.3 Å². The van der Waals surface area contributed by atoms with Crippen molar-refractivity contribution in [3.8, 4) is 5.75 Å². The van der Waals surface area contributed by atoms with E-state index in [0.29, 0.717) is 11.4 Å². The van der Waals surface area contributed by atoms with Gasteiger partial charge in [-0.3, -0.25) is 4.79 Å². The summed E-state index contributed by atoms with van der Waals surface area (Å²) in [5, 5.41) is 0. The van der Waals surface area contributed by atoms with Gasteiger partial charge < -0.3 is 10.5 Å². The van der Waals surface area contributed by atoms with E-state index in [0.717, 1.165) is 24.0 Å². The molecule has 0 aliphatic heterocycles. The Balaban J connectivity index is 2.58. The van der Waals surface area contributed by atoms with Crippen molar-refractivity contribution in [2.24, 2.45) is 5.41 Å². The SMILES string of the molecule is COc1cc(N)c2c(c1)C(=O)C(C)(C)CC2. The second-order valence-corrected chi connectivity index (χ2v) is 4.96. The predicted molar refractivity (Wildman–Crippen MR) is 63.8 cm³/mol. The molecule has 0 saturated carbocycles. The third-order valence-corrected chi connectivity index (χ3v) is 3.35. The van der Waals surface area contributed by atoms with Gasteiger partial charge in [0, 0.05) is 22.7 Å². The van der Waals surface area contributed by atoms with E-state index >= 15 is 0 Å². The first-order valence-corrected chi connectivity index (χ1v) is 5.47. The van der Waals surface area contributed by atoms with Gasteiger partial charge in [-0.2, -0.15) is 0 Å². The number of benzene rings is 1. The Morgan fingerprint density at radius 2 is 2.06 bits per heavy atom. The maximum Gasteiger partial charge on any atom is 0.168 e. The zero-order chi connectivity index (χ0) is 11.9. The third kappa shape index (κ3) is 1.56. The monoisotopic (exact) mass is 219 g/mol. The van der Waals surface area contributed by atoms with Crippen LogP contribution >= 0.6 is 0 Å². The highest BCUT2D eigenvalue weighted by atomic mass is 16.5. The molecule has 1 aromatic rings. The quantitative estimate of drug-likeness (QED) is 0.738. The molecule has 1 aliphatic carbocycles. The van der Waals surface area contributed by atoms with Gasteiger partial charge in [0.2, 0.25) is 0 Å². The van der Waals surface area contributed by atoms with Crippen molar-refractivity contribution in [1.29, 1.82) is 0 Å². The average molecular weight is 219 g/mol. The molecule has 0 heterocycles. The first kappa shape index (κ1) is 11.0. The molecule has 1 aromatic carbocycles. The van der Waals surface area contributed by atoms with Gasteiger partial charge in [-0.25, -0.2) is 0 Å². The third-order valence-electron chi connectivity index (χ3n) is 3.35. The van der Waals surface area contributed by atoms with Crippen molar-refractivity contribution in [3.63, 3.8) is 0 Å². The van der Waals surface area contributed by atoms with Crippen LogP contribution in [0, 0.1) is 5.41 Å². The highest BCUT2D eigenvalue weighted by molar-refractivity contribution is 6.03. The maximum atomic E-state index is 12.2. The van der Waals surface area contributed by atoms with Gasteiger partial charge in [0.25, 0.3) is 0 Å². The van der Waals surface area contributed by atoms with Gasteiger partial charge in [-0.05, 0) is 24.5 Å². The smallest absolute Gasteiger partial charge is 0.168 e. The molecule has 3 heteroatoms. The van der Waals surface area contributed by atoms with Crippen LogP contribution in [0.2, 0.25) is 0 Å². The number of ether oxygens (including phenoxy) is 1. The number of carbonyl (C=O) groups excluding carboxylic acids is 1. The summed E-state index contributed by atoms with van der Waals surface area (Å²) in [6, 6.07) is 3.58. The van der Waals surface area contributed by atoms with Crippen LogP contribution < -0.4 is 10.5 Å². The van der Waals surface area contributed by atoms with Gasteiger partial charge in [0.15, 0.2) is 5.78 Å². The fraction of sp³-hybridized carbons (Fsp3) is 0.462. The molecule has 0 bridgehead atoms. The van der Waals surface area contributed by atoms with Crippen LogP contribution in [-0.2, 0) is 6.42 Å². The molecular formula is C13H17NO2. The lowest BCUT2D eigenvalue weighted by atomic mass is 9.73. The van der Waals surface area contributed by atoms with Crippen LogP contribution in [0.1, 0.15) is 36.2 Å². The molecule has 2 rings (SSSR count). The lowest BCUT2D eigenvalue weighted by Crippen LogP contribution is -2.30. The molecule has 1 aliphatic rings. The number of nitrogen functional groups attached to an aromatic ring is 1. The number of carbonyl (C=O) groups is 1. The lowest BCUT2D eigenvalue weighted by Gasteiger charge is -2.30. The summed E-state index contributed by atoms with van der Waals surface area (Å²) in [5.41, 5.74) is 8.02. The molecule has 16 heavy (non-hydrogen) atoms. The number of fused-ring (bicyclic) bond motifs is 1. The number of rotatable bonds is 1. The number of hydrogen-bond donors (Lipinski definition) is 1. The zero-order valence-corrected chi connectivity index (χ0v) is 9.96. The van der Waals surface area contributed by atoms with E-state index in [4.69, 9.17) is 10.5 Å². The highest BCUT2D eigenvalue weighted by Gasteiger charge is 2.35. The summed E-state index contributed by atoms with van der Waals surface area (Å²) < 4.78 is 5.15. The summed E-state index contributed by atoms with van der Waals surface area (Å²) in [6.07, 6.45) is 1.72. The molecule has 0 spiro atoms. The minimum Gasteiger partial charge on any atom is -0.497 e. The van der Waals surface area contributed by atoms with E-state index < -0.39 is 0 Å². The Hall–Kier alpha value is -1.51. The van der Waals surface area contributed by atoms with Crippen LogP contribution in [-0.4, -0.2) is 12.9 Å². The van der Waals surface area contributed by atoms with Crippen molar-refractivity contribution in [1.82, 2.24) is 0 Å². The van der Waals surface area contributed by atoms with Gasteiger partial charge in [-0.1, -0.05) is 13.8 Å². The summed E-state index contributed by atoms with van der Waals surface area (Å²) in [6.45, 7) is 3.96. The van der Waals surface area contributed by atoms with Gasteiger partial charge in [0.05, 0.1) is 7.11 Å². The van der Waals surface area contributed by atoms with Crippen LogP contribution in [0.15, 0.2) is 12.1 Å². The molecule has 0 radical (unpaired) electrons. The average Bonchev–Trinajstić information content (AvgIpc) is 2.24. The Morgan fingerprint density at radius 1 is 1.38 bits per heavy atom. The molecule has 86 valence electrons. The number of Topliss-reactive ketones (excluding diaryl/α,β-unsaturated/α-hetero) is 1. The topological polar surface area (TPSA) is 52.3 Å². The molecule has 0 aromatic heterocycles. The van der Waals surface area contributed by atoms with Gasteiger partial charge >= 0.3 is 0 Å². The zero-order valence-electron chi connectivity index (χ0n) is 9.96. The van der Waals surface area contributed by atoms with Crippen LogP contribution in [0.4, 0.5) is 5.69 Å². The second kappa shape index (κ2) is 3.51. The van der Waals surface area contributed by atoms with Crippen LogP contribution in [0.3, 0.4) is 0 Å². The Morgan fingerprint density at radius 3 is 2.69 bits per heavy atom. The van der Waals surface area contributed by atoms with Gasteiger partial charge in [0.1, 0.15) is 5.75 Å². The number of hydrogen-bond acceptors (Lipinski definition) is 3. The second-order valence-electron chi connectivity index (χ2n) is 4.96. The molecular weight excluding hydrogens is 202 g/mol. The molecule has 0 atom stereocenters. The van der Waals surface area contributed by atoms with Crippen LogP contribution in [0.5, 0.6) is 5.75 Å². The predicted octanol–water partition coefficient (Wildman–Crippen LogP) is 2.43. The maximum absolute atomic E-state index is 12.2. The van der Waals surface area contributed by atoms with Crippen molar-refractivity contribution in [2.45, 2.75) is 26.7 Å². The largest absolute Gasteiger partial charge is 0.497 e. The molecule has 3 nitrogen and oxygen atoms in total. The minimum atomic E-state index is -0.286. The summed E-state index contributed by atoms with van der Waals surface area (Å²) in [4.78, 5) is 12.2. The van der Waals surface area contributed by atoms with E-state index in [-0.39, 0.29) is 11.2 Å². The molecule has 0 fully saturated rings. The molecule has 2 N–H and O–H groups in total.